The van der Waals surface area contributed by atoms with Gasteiger partial charge in [-0.2, -0.15) is 74.6 Å². The Labute approximate surface area is 302 Å². The van der Waals surface area contributed by atoms with E-state index < -0.39 is 104 Å². The van der Waals surface area contributed by atoms with Crippen LogP contribution in [-0.2, 0) is 0 Å². The van der Waals surface area contributed by atoms with E-state index in [9.17, 15) is 104 Å². The second kappa shape index (κ2) is 15.0. The predicted octanol–water partition coefficient (Wildman–Crippen LogP) is 9.22. The minimum atomic E-state index is -8.86. The number of carbonyl (C=O) groups is 2. The van der Waals surface area contributed by atoms with Crippen LogP contribution in [0.3, 0.4) is 0 Å². The number of para-hydroxylation sites is 2. The minimum absolute atomic E-state index is 0.0801. The molecule has 0 atom stereocenters. The minimum Gasteiger partial charge on any atom is -0.430 e. The van der Waals surface area contributed by atoms with Gasteiger partial charge in [0.15, 0.2) is 10.1 Å². The third-order valence-electron chi connectivity index (χ3n) is 7.10. The van der Waals surface area contributed by atoms with Crippen LogP contribution in [0.5, 0.6) is 5.75 Å². The molecule has 0 aliphatic heterocycles. The van der Waals surface area contributed by atoms with Crippen molar-refractivity contribution in [2.24, 2.45) is 0 Å². The van der Waals surface area contributed by atoms with Crippen LogP contribution >= 0.6 is 0 Å². The van der Waals surface area contributed by atoms with Gasteiger partial charge >= 0.3 is 59.5 Å². The monoisotopic (exact) mass is 852 g/mol. The van der Waals surface area contributed by atoms with Crippen LogP contribution in [0.25, 0.3) is 0 Å². The lowest BCUT2D eigenvalue weighted by atomic mass is 9.91. The van der Waals surface area contributed by atoms with Gasteiger partial charge in [0, 0.05) is 0 Å². The number of rotatable bonds is 14. The maximum absolute atomic E-state index is 14.8. The number of anilines is 2. The van der Waals surface area contributed by atoms with Gasteiger partial charge in [-0.1, -0.05) is 36.4 Å². The molecule has 0 fully saturated rings. The molecular formula is C29H13F17N4O7. The SMILES string of the molecule is O=C(c1cc(OC(F)=C(F)C(F)(F)C(F)(F)C(F)(F)C(F)(F)C(F)(F)C(F)(F)C(F)(F)F)cc(C(=O)N(c2ccccc2)[N+](=O)[O-])c1)N(c1ccccc1)[N+](=O)[O-]. The summed E-state index contributed by atoms with van der Waals surface area (Å²) >= 11 is 0. The van der Waals surface area contributed by atoms with Crippen LogP contribution in [0.2, 0.25) is 0 Å². The molecule has 3 aromatic carbocycles. The highest BCUT2D eigenvalue weighted by Crippen LogP contribution is 2.63. The van der Waals surface area contributed by atoms with Crippen LogP contribution in [0.4, 0.5) is 86.0 Å². The number of carbonyl (C=O) groups excluding carboxylic acids is 2. The van der Waals surface area contributed by atoms with E-state index in [-0.39, 0.29) is 28.2 Å². The summed E-state index contributed by atoms with van der Waals surface area (Å²) < 4.78 is 237. The molecular weight excluding hydrogens is 839 g/mol. The lowest BCUT2D eigenvalue weighted by Gasteiger charge is -2.41. The number of nitrogens with zero attached hydrogens (tertiary/aromatic N) is 4. The number of ether oxygens (including phenoxy) is 1. The molecule has 0 saturated carbocycles. The highest BCUT2D eigenvalue weighted by molar-refractivity contribution is 6.09. The normalized spacial score (nSPS) is 13.7. The van der Waals surface area contributed by atoms with Crippen molar-refractivity contribution in [2.45, 2.75) is 41.7 Å². The zero-order chi connectivity index (χ0) is 43.9. The predicted molar refractivity (Wildman–Crippen MR) is 153 cm³/mol. The van der Waals surface area contributed by atoms with Crippen molar-refractivity contribution in [1.29, 1.82) is 0 Å². The fourth-order valence-electron chi connectivity index (χ4n) is 4.24. The van der Waals surface area contributed by atoms with E-state index >= 15 is 0 Å². The largest absolute Gasteiger partial charge is 0.460 e. The van der Waals surface area contributed by atoms with E-state index in [0.29, 0.717) is 0 Å². The highest BCUT2D eigenvalue weighted by atomic mass is 19.4. The Morgan fingerprint density at radius 3 is 1.19 bits per heavy atom. The van der Waals surface area contributed by atoms with Gasteiger partial charge in [0.1, 0.15) is 17.1 Å². The van der Waals surface area contributed by atoms with Crippen LogP contribution in [-0.4, -0.2) is 63.6 Å². The molecule has 11 nitrogen and oxygen atoms in total. The van der Waals surface area contributed by atoms with Gasteiger partial charge in [-0.15, -0.1) is 0 Å². The van der Waals surface area contributed by atoms with Crippen molar-refractivity contribution < 1.29 is 99.0 Å². The van der Waals surface area contributed by atoms with Crippen LogP contribution < -0.4 is 14.8 Å². The number of halogens is 17. The van der Waals surface area contributed by atoms with Crippen molar-refractivity contribution in [3.63, 3.8) is 0 Å². The van der Waals surface area contributed by atoms with Gasteiger partial charge in [-0.05, 0) is 52.5 Å². The molecule has 0 aliphatic carbocycles. The molecule has 0 bridgehead atoms. The van der Waals surface area contributed by atoms with Crippen LogP contribution in [0.15, 0.2) is 90.7 Å². The van der Waals surface area contributed by atoms with E-state index in [0.717, 1.165) is 48.5 Å². The summed E-state index contributed by atoms with van der Waals surface area (Å²) in [6.45, 7) is 0. The topological polar surface area (TPSA) is 136 Å². The summed E-state index contributed by atoms with van der Waals surface area (Å²) in [4.78, 5) is 50.0. The molecule has 0 saturated heterocycles. The second-order valence-electron chi connectivity index (χ2n) is 10.8. The number of benzene rings is 3. The third-order valence-corrected chi connectivity index (χ3v) is 7.10. The number of hydrogen-bond donors (Lipinski definition) is 0. The summed E-state index contributed by atoms with van der Waals surface area (Å²) in [5, 5.41) is 19.9. The summed E-state index contributed by atoms with van der Waals surface area (Å²) in [6.07, 6.45) is -7.94. The van der Waals surface area contributed by atoms with E-state index in [2.05, 4.69) is 4.74 Å². The molecule has 0 N–H and O–H groups in total. The molecule has 3 rings (SSSR count). The number of hydrogen-bond acceptors (Lipinski definition) is 7. The Morgan fingerprint density at radius 2 is 0.860 bits per heavy atom. The zero-order valence-corrected chi connectivity index (χ0v) is 26.6. The third kappa shape index (κ3) is 7.65. The van der Waals surface area contributed by atoms with E-state index in [1.807, 2.05) is 0 Å². The molecule has 0 radical (unpaired) electrons. The van der Waals surface area contributed by atoms with Crippen molar-refractivity contribution >= 4 is 23.2 Å². The zero-order valence-electron chi connectivity index (χ0n) is 26.6. The fourth-order valence-corrected chi connectivity index (χ4v) is 4.24. The molecule has 3 aromatic rings. The number of amides is 2. The molecule has 2 amide bonds. The van der Waals surface area contributed by atoms with Gasteiger partial charge in [0.05, 0.1) is 11.1 Å². The smallest absolute Gasteiger partial charge is 0.430 e. The molecule has 0 aromatic heterocycles. The first kappa shape index (κ1) is 45.1. The lowest BCUT2D eigenvalue weighted by molar-refractivity contribution is -0.481. The van der Waals surface area contributed by atoms with Gasteiger partial charge in [0.2, 0.25) is 5.83 Å². The lowest BCUT2D eigenvalue weighted by Crippen LogP contribution is -2.72. The summed E-state index contributed by atoms with van der Waals surface area (Å²) in [7, 11) is 0. The second-order valence-corrected chi connectivity index (χ2v) is 10.8. The van der Waals surface area contributed by atoms with E-state index in [1.165, 1.54) is 12.1 Å². The van der Waals surface area contributed by atoms with Crippen LogP contribution in [0, 0.1) is 20.2 Å². The van der Waals surface area contributed by atoms with E-state index in [1.54, 1.807) is 0 Å². The van der Waals surface area contributed by atoms with Gasteiger partial charge in [-0.3, -0.25) is 9.59 Å². The van der Waals surface area contributed by atoms with Crippen LogP contribution in [0.1, 0.15) is 20.7 Å². The highest BCUT2D eigenvalue weighted by Gasteiger charge is 2.94. The molecule has 57 heavy (non-hydrogen) atoms. The molecule has 28 heteroatoms. The number of alkyl halides is 15. The Morgan fingerprint density at radius 1 is 0.526 bits per heavy atom. The number of nitro groups is 2. The molecule has 310 valence electrons. The molecule has 0 aliphatic rings. The number of hydrazine groups is 2. The fraction of sp³-hybridized carbons (Fsp3) is 0.241. The quantitative estimate of drug-likeness (QED) is 0.0683. The summed E-state index contributed by atoms with van der Waals surface area (Å²) in [5.74, 6) is -61.9. The Hall–Kier alpha value is -6.25. The van der Waals surface area contributed by atoms with Crippen molar-refractivity contribution in [3.05, 3.63) is 122 Å². The number of allylic oxidation sites excluding steroid dienone is 1. The van der Waals surface area contributed by atoms with Crippen molar-refractivity contribution in [2.75, 3.05) is 10.0 Å². The van der Waals surface area contributed by atoms with Crippen molar-refractivity contribution in [3.8, 4) is 5.75 Å². The summed E-state index contributed by atoms with van der Waals surface area (Å²) in [6, 6.07) is 6.54. The first-order valence-corrected chi connectivity index (χ1v) is 14.1. The average Bonchev–Trinajstić information content (AvgIpc) is 3.10. The standard InChI is InChI=1S/C29H13F17N4O7/c30-19(23(32,33)24(34,35)25(36,37)26(38,39)27(40,41)28(42,43)29(44,45)46)20(31)57-18-12-14(21(51)47(49(53)54)16-7-3-1-4-8-16)11-15(13-18)22(52)48(50(55)56)17-9-5-2-6-10-17/h1-13H. The van der Waals surface area contributed by atoms with E-state index in [4.69, 9.17) is 0 Å². The molecule has 0 heterocycles. The maximum Gasteiger partial charge on any atom is 0.460 e. The molecule has 0 unspecified atom stereocenters. The Balaban J connectivity index is 2.23. The van der Waals surface area contributed by atoms with Gasteiger partial charge < -0.3 is 4.74 Å². The Bertz CT molecular complexity index is 1980. The molecule has 0 spiro atoms. The average molecular weight is 852 g/mol. The summed E-state index contributed by atoms with van der Waals surface area (Å²) in [5.41, 5.74) is -3.98. The first-order chi connectivity index (χ1) is 25.8. The van der Waals surface area contributed by atoms with Crippen molar-refractivity contribution in [1.82, 2.24) is 0 Å². The maximum atomic E-state index is 14.8. The Kier molecular flexibility index (Phi) is 11.9. The first-order valence-electron chi connectivity index (χ1n) is 14.1. The van der Waals surface area contributed by atoms with Gasteiger partial charge in [-0.25, -0.2) is 20.2 Å². The van der Waals surface area contributed by atoms with Gasteiger partial charge in [0.25, 0.3) is 0 Å².